The van der Waals surface area contributed by atoms with Gasteiger partial charge in [-0.3, -0.25) is 0 Å². The molecule has 0 aliphatic carbocycles. The molecule has 1 saturated heterocycles. The van der Waals surface area contributed by atoms with Crippen molar-refractivity contribution < 1.29 is 30.0 Å². The number of ether oxygens (including phenoxy) is 1. The SMILES string of the molecule is NC1O[C@H](C(=O)O)[C@@H](O)[C@H](O)[C@H]1O. The van der Waals surface area contributed by atoms with Gasteiger partial charge >= 0.3 is 5.97 Å². The molecule has 0 aromatic rings. The molecular weight excluding hydrogens is 182 g/mol. The summed E-state index contributed by atoms with van der Waals surface area (Å²) >= 11 is 0. The zero-order chi connectivity index (χ0) is 10.2. The van der Waals surface area contributed by atoms with E-state index in [0.717, 1.165) is 0 Å². The maximum Gasteiger partial charge on any atom is 0.335 e. The monoisotopic (exact) mass is 193 g/mol. The summed E-state index contributed by atoms with van der Waals surface area (Å²) in [7, 11) is 0. The van der Waals surface area contributed by atoms with Gasteiger partial charge in [-0.25, -0.2) is 4.79 Å². The van der Waals surface area contributed by atoms with Gasteiger partial charge in [-0.1, -0.05) is 0 Å². The van der Waals surface area contributed by atoms with Crippen LogP contribution in [0.3, 0.4) is 0 Å². The molecule has 1 fully saturated rings. The second-order valence-corrected chi connectivity index (χ2v) is 2.83. The molecule has 1 aliphatic heterocycles. The summed E-state index contributed by atoms with van der Waals surface area (Å²) in [4.78, 5) is 10.4. The lowest BCUT2D eigenvalue weighted by Crippen LogP contribution is -2.62. The van der Waals surface area contributed by atoms with Crippen molar-refractivity contribution in [1.29, 1.82) is 0 Å². The fraction of sp³-hybridized carbons (Fsp3) is 0.833. The van der Waals surface area contributed by atoms with Crippen LogP contribution >= 0.6 is 0 Å². The third-order valence-corrected chi connectivity index (χ3v) is 1.89. The normalized spacial score (nSPS) is 46.0. The third kappa shape index (κ3) is 1.79. The molecule has 6 N–H and O–H groups in total. The zero-order valence-electron chi connectivity index (χ0n) is 6.57. The predicted molar refractivity (Wildman–Crippen MR) is 38.5 cm³/mol. The molecule has 0 amide bonds. The van der Waals surface area contributed by atoms with Gasteiger partial charge in [-0.15, -0.1) is 0 Å². The number of rotatable bonds is 1. The third-order valence-electron chi connectivity index (χ3n) is 1.89. The van der Waals surface area contributed by atoms with E-state index in [1.165, 1.54) is 0 Å². The number of aliphatic carboxylic acids is 1. The van der Waals surface area contributed by atoms with Gasteiger partial charge in [0.1, 0.15) is 24.5 Å². The van der Waals surface area contributed by atoms with Gasteiger partial charge in [0, 0.05) is 0 Å². The first-order valence-electron chi connectivity index (χ1n) is 3.63. The van der Waals surface area contributed by atoms with Crippen LogP contribution in [0.5, 0.6) is 0 Å². The summed E-state index contributed by atoms with van der Waals surface area (Å²) in [6, 6.07) is 0. The summed E-state index contributed by atoms with van der Waals surface area (Å²) < 4.78 is 4.56. The van der Waals surface area contributed by atoms with Crippen LogP contribution in [0.25, 0.3) is 0 Å². The second kappa shape index (κ2) is 3.56. The lowest BCUT2D eigenvalue weighted by atomic mass is 9.98. The van der Waals surface area contributed by atoms with Gasteiger partial charge in [0.2, 0.25) is 0 Å². The molecule has 0 aromatic heterocycles. The second-order valence-electron chi connectivity index (χ2n) is 2.83. The largest absolute Gasteiger partial charge is 0.479 e. The van der Waals surface area contributed by atoms with Crippen molar-refractivity contribution in [3.05, 3.63) is 0 Å². The Morgan fingerprint density at radius 2 is 1.69 bits per heavy atom. The standard InChI is InChI=1S/C6H11NO6/c7-5-3(10)1(8)2(9)4(13-5)6(11)12/h1-5,8-10H,7H2,(H,11,12)/t1-,2-,3+,4-,5?/m0/s1. The van der Waals surface area contributed by atoms with Crippen molar-refractivity contribution in [2.45, 2.75) is 30.6 Å². The Labute approximate surface area is 73.4 Å². The first-order valence-corrected chi connectivity index (χ1v) is 3.63. The molecule has 7 heteroatoms. The number of hydrogen-bond donors (Lipinski definition) is 5. The quantitative estimate of drug-likeness (QED) is 0.296. The summed E-state index contributed by atoms with van der Waals surface area (Å²) in [5.41, 5.74) is 5.15. The van der Waals surface area contributed by atoms with E-state index < -0.39 is 36.6 Å². The molecule has 0 spiro atoms. The van der Waals surface area contributed by atoms with Gasteiger partial charge in [0.15, 0.2) is 6.10 Å². The Hall–Kier alpha value is -0.730. The molecule has 1 heterocycles. The predicted octanol–water partition coefficient (Wildman–Crippen LogP) is -3.16. The molecule has 76 valence electrons. The number of aliphatic hydroxyl groups is 3. The van der Waals surface area contributed by atoms with E-state index in [2.05, 4.69) is 4.74 Å². The van der Waals surface area contributed by atoms with Gasteiger partial charge in [0.25, 0.3) is 0 Å². The van der Waals surface area contributed by atoms with E-state index in [1.54, 1.807) is 0 Å². The van der Waals surface area contributed by atoms with Gasteiger partial charge in [-0.05, 0) is 0 Å². The minimum Gasteiger partial charge on any atom is -0.479 e. The molecule has 1 rings (SSSR count). The molecule has 5 atom stereocenters. The molecule has 13 heavy (non-hydrogen) atoms. The van der Waals surface area contributed by atoms with Crippen LogP contribution in [-0.2, 0) is 9.53 Å². The Kier molecular flexibility index (Phi) is 2.84. The van der Waals surface area contributed by atoms with Crippen LogP contribution in [0.1, 0.15) is 0 Å². The van der Waals surface area contributed by atoms with Crippen molar-refractivity contribution in [3.8, 4) is 0 Å². The molecule has 0 bridgehead atoms. The average molecular weight is 193 g/mol. The van der Waals surface area contributed by atoms with Crippen LogP contribution in [0.15, 0.2) is 0 Å². The summed E-state index contributed by atoms with van der Waals surface area (Å²) in [5, 5.41) is 35.8. The van der Waals surface area contributed by atoms with Crippen LogP contribution in [0.2, 0.25) is 0 Å². The maximum absolute atomic E-state index is 10.4. The fourth-order valence-electron chi connectivity index (χ4n) is 1.11. The fourth-order valence-corrected chi connectivity index (χ4v) is 1.11. The van der Waals surface area contributed by atoms with Crippen LogP contribution in [0.4, 0.5) is 0 Å². The Morgan fingerprint density at radius 3 is 2.15 bits per heavy atom. The highest BCUT2D eigenvalue weighted by molar-refractivity contribution is 5.73. The summed E-state index contributed by atoms with van der Waals surface area (Å²) in [6.07, 6.45) is -7.67. The molecule has 7 nitrogen and oxygen atoms in total. The van der Waals surface area contributed by atoms with Crippen LogP contribution < -0.4 is 5.73 Å². The highest BCUT2D eigenvalue weighted by atomic mass is 16.6. The minimum absolute atomic E-state index is 1.31. The molecule has 0 aromatic carbocycles. The average Bonchev–Trinajstić information content (AvgIpc) is 2.07. The van der Waals surface area contributed by atoms with Crippen LogP contribution in [0, 0.1) is 0 Å². The maximum atomic E-state index is 10.4. The lowest BCUT2D eigenvalue weighted by Gasteiger charge is -2.36. The van der Waals surface area contributed by atoms with E-state index in [4.69, 9.17) is 26.2 Å². The number of hydrogen-bond acceptors (Lipinski definition) is 6. The molecule has 1 unspecified atom stereocenters. The number of carboxylic acid groups (broad SMARTS) is 1. The minimum atomic E-state index is -1.67. The van der Waals surface area contributed by atoms with Gasteiger partial charge < -0.3 is 30.9 Å². The van der Waals surface area contributed by atoms with Gasteiger partial charge in [0.05, 0.1) is 0 Å². The van der Waals surface area contributed by atoms with E-state index in [9.17, 15) is 4.79 Å². The van der Waals surface area contributed by atoms with Crippen molar-refractivity contribution in [2.75, 3.05) is 0 Å². The van der Waals surface area contributed by atoms with Gasteiger partial charge in [-0.2, -0.15) is 0 Å². The Morgan fingerprint density at radius 1 is 1.15 bits per heavy atom. The molecule has 0 radical (unpaired) electrons. The van der Waals surface area contributed by atoms with E-state index in [0.29, 0.717) is 0 Å². The number of carboxylic acids is 1. The van der Waals surface area contributed by atoms with E-state index in [1.807, 2.05) is 0 Å². The molecular formula is C6H11NO6. The summed E-state index contributed by atoms with van der Waals surface area (Å²) in [5.74, 6) is -1.44. The van der Waals surface area contributed by atoms with Crippen molar-refractivity contribution in [1.82, 2.24) is 0 Å². The first kappa shape index (κ1) is 10.4. The smallest absolute Gasteiger partial charge is 0.335 e. The highest BCUT2D eigenvalue weighted by Gasteiger charge is 2.45. The van der Waals surface area contributed by atoms with Crippen molar-refractivity contribution in [3.63, 3.8) is 0 Å². The Bertz CT molecular complexity index is 209. The zero-order valence-corrected chi connectivity index (χ0v) is 6.57. The lowest BCUT2D eigenvalue weighted by molar-refractivity contribution is -0.226. The van der Waals surface area contributed by atoms with Crippen molar-refractivity contribution in [2.24, 2.45) is 5.73 Å². The summed E-state index contributed by atoms with van der Waals surface area (Å²) in [6.45, 7) is 0. The molecule has 1 aliphatic rings. The number of nitrogens with two attached hydrogens (primary N) is 1. The number of carbonyl (C=O) groups is 1. The van der Waals surface area contributed by atoms with E-state index in [-0.39, 0.29) is 0 Å². The first-order chi connectivity index (χ1) is 5.95. The van der Waals surface area contributed by atoms with E-state index >= 15 is 0 Å². The topological polar surface area (TPSA) is 133 Å². The van der Waals surface area contributed by atoms with Crippen molar-refractivity contribution >= 4 is 5.97 Å². The Balaban J connectivity index is 2.76. The highest BCUT2D eigenvalue weighted by Crippen LogP contribution is 2.18. The van der Waals surface area contributed by atoms with Crippen LogP contribution in [-0.4, -0.2) is 57.0 Å². The molecule has 0 saturated carbocycles. The number of aliphatic hydroxyl groups excluding tert-OH is 3.